The standard InChI is InChI=1S/C15H14ClF2N/c1-9-5-3-6-11(16)15(9)19-10(2)14-12(17)7-4-8-13(14)18/h3-8,10,19H,1-2H3. The number of hydrogen-bond donors (Lipinski definition) is 1. The minimum Gasteiger partial charge on any atom is -0.377 e. The summed E-state index contributed by atoms with van der Waals surface area (Å²) in [6, 6.07) is 8.78. The summed E-state index contributed by atoms with van der Waals surface area (Å²) < 4.78 is 27.4. The summed E-state index contributed by atoms with van der Waals surface area (Å²) in [5.74, 6) is -1.13. The summed E-state index contributed by atoms with van der Waals surface area (Å²) in [4.78, 5) is 0. The fourth-order valence-electron chi connectivity index (χ4n) is 2.03. The van der Waals surface area contributed by atoms with Gasteiger partial charge in [-0.1, -0.05) is 29.8 Å². The number of hydrogen-bond acceptors (Lipinski definition) is 1. The lowest BCUT2D eigenvalue weighted by atomic mass is 10.1. The molecular formula is C15H14ClF2N. The average molecular weight is 282 g/mol. The molecule has 1 unspecified atom stereocenters. The highest BCUT2D eigenvalue weighted by Crippen LogP contribution is 2.30. The predicted molar refractivity (Wildman–Crippen MR) is 74.6 cm³/mol. The van der Waals surface area contributed by atoms with Crippen LogP contribution in [0.1, 0.15) is 24.1 Å². The van der Waals surface area contributed by atoms with Crippen molar-refractivity contribution in [2.45, 2.75) is 19.9 Å². The van der Waals surface area contributed by atoms with Crippen LogP contribution in [0.2, 0.25) is 5.02 Å². The van der Waals surface area contributed by atoms with Crippen LogP contribution < -0.4 is 5.32 Å². The molecule has 0 amide bonds. The molecule has 0 aliphatic rings. The Morgan fingerprint density at radius 3 is 2.21 bits per heavy atom. The number of benzene rings is 2. The molecular weight excluding hydrogens is 268 g/mol. The van der Waals surface area contributed by atoms with Crippen LogP contribution in [0.5, 0.6) is 0 Å². The van der Waals surface area contributed by atoms with Crippen LogP contribution in [0.25, 0.3) is 0 Å². The molecule has 0 saturated carbocycles. The Morgan fingerprint density at radius 1 is 1.05 bits per heavy atom. The van der Waals surface area contributed by atoms with Crippen molar-refractivity contribution in [3.05, 3.63) is 64.2 Å². The SMILES string of the molecule is Cc1cccc(Cl)c1NC(C)c1c(F)cccc1F. The Balaban J connectivity index is 2.34. The van der Waals surface area contributed by atoms with E-state index in [1.807, 2.05) is 19.1 Å². The van der Waals surface area contributed by atoms with Crippen molar-refractivity contribution in [2.24, 2.45) is 0 Å². The molecule has 0 radical (unpaired) electrons. The summed E-state index contributed by atoms with van der Waals surface area (Å²) in [5.41, 5.74) is 1.64. The number of nitrogens with one attached hydrogen (secondary N) is 1. The van der Waals surface area contributed by atoms with Gasteiger partial charge in [0.05, 0.1) is 16.8 Å². The summed E-state index contributed by atoms with van der Waals surface area (Å²) in [7, 11) is 0. The monoisotopic (exact) mass is 281 g/mol. The fourth-order valence-corrected chi connectivity index (χ4v) is 2.30. The third-order valence-electron chi connectivity index (χ3n) is 3.02. The lowest BCUT2D eigenvalue weighted by molar-refractivity contribution is 0.544. The topological polar surface area (TPSA) is 12.0 Å². The molecule has 0 aromatic heterocycles. The Hall–Kier alpha value is -1.61. The highest BCUT2D eigenvalue weighted by atomic mass is 35.5. The molecule has 0 fully saturated rings. The second kappa shape index (κ2) is 5.57. The van der Waals surface area contributed by atoms with E-state index >= 15 is 0 Å². The largest absolute Gasteiger partial charge is 0.377 e. The van der Waals surface area contributed by atoms with Crippen molar-refractivity contribution >= 4 is 17.3 Å². The van der Waals surface area contributed by atoms with Crippen LogP contribution in [-0.2, 0) is 0 Å². The van der Waals surface area contributed by atoms with Crippen LogP contribution in [0.3, 0.4) is 0 Å². The molecule has 1 N–H and O–H groups in total. The summed E-state index contributed by atoms with van der Waals surface area (Å²) in [5, 5.41) is 3.60. The molecule has 100 valence electrons. The van der Waals surface area contributed by atoms with Gasteiger partial charge in [0.1, 0.15) is 11.6 Å². The van der Waals surface area contributed by atoms with Gasteiger partial charge in [0, 0.05) is 5.56 Å². The number of para-hydroxylation sites is 1. The van der Waals surface area contributed by atoms with E-state index in [-0.39, 0.29) is 5.56 Å². The summed E-state index contributed by atoms with van der Waals surface area (Å²) in [6.07, 6.45) is 0. The summed E-state index contributed by atoms with van der Waals surface area (Å²) >= 11 is 6.09. The molecule has 0 aliphatic heterocycles. The first-order chi connectivity index (χ1) is 9.00. The first-order valence-corrected chi connectivity index (χ1v) is 6.34. The lowest BCUT2D eigenvalue weighted by Gasteiger charge is -2.19. The maximum absolute atomic E-state index is 13.7. The molecule has 1 atom stereocenters. The van der Waals surface area contributed by atoms with Crippen molar-refractivity contribution in [1.82, 2.24) is 0 Å². The van der Waals surface area contributed by atoms with E-state index in [1.54, 1.807) is 13.0 Å². The predicted octanol–water partition coefficient (Wildman–Crippen LogP) is 5.10. The van der Waals surface area contributed by atoms with Gasteiger partial charge in [-0.15, -0.1) is 0 Å². The lowest BCUT2D eigenvalue weighted by Crippen LogP contribution is -2.12. The van der Waals surface area contributed by atoms with Crippen molar-refractivity contribution in [1.29, 1.82) is 0 Å². The van der Waals surface area contributed by atoms with Gasteiger partial charge in [0.2, 0.25) is 0 Å². The third-order valence-corrected chi connectivity index (χ3v) is 3.33. The minimum atomic E-state index is -0.565. The maximum atomic E-state index is 13.7. The van der Waals surface area contributed by atoms with Gasteiger partial charge < -0.3 is 5.32 Å². The van der Waals surface area contributed by atoms with Gasteiger partial charge in [-0.05, 0) is 37.6 Å². The Kier molecular flexibility index (Phi) is 4.05. The van der Waals surface area contributed by atoms with Crippen molar-refractivity contribution in [2.75, 3.05) is 5.32 Å². The third kappa shape index (κ3) is 2.87. The minimum absolute atomic E-state index is 0.0156. The summed E-state index contributed by atoms with van der Waals surface area (Å²) in [6.45, 7) is 3.59. The second-order valence-electron chi connectivity index (χ2n) is 4.43. The highest BCUT2D eigenvalue weighted by molar-refractivity contribution is 6.33. The molecule has 0 saturated heterocycles. The van der Waals surface area contributed by atoms with Crippen LogP contribution in [0.15, 0.2) is 36.4 Å². The van der Waals surface area contributed by atoms with E-state index < -0.39 is 17.7 Å². The number of aryl methyl sites for hydroxylation is 1. The fraction of sp³-hybridized carbons (Fsp3) is 0.200. The molecule has 0 bridgehead atoms. The van der Waals surface area contributed by atoms with Gasteiger partial charge in [-0.2, -0.15) is 0 Å². The van der Waals surface area contributed by atoms with Crippen molar-refractivity contribution < 1.29 is 8.78 Å². The highest BCUT2D eigenvalue weighted by Gasteiger charge is 2.17. The number of rotatable bonds is 3. The zero-order valence-corrected chi connectivity index (χ0v) is 11.4. The van der Waals surface area contributed by atoms with E-state index in [0.717, 1.165) is 5.56 Å². The molecule has 2 aromatic carbocycles. The quantitative estimate of drug-likeness (QED) is 0.825. The van der Waals surface area contributed by atoms with Crippen LogP contribution >= 0.6 is 11.6 Å². The zero-order chi connectivity index (χ0) is 14.0. The van der Waals surface area contributed by atoms with Crippen molar-refractivity contribution in [3.63, 3.8) is 0 Å². The Bertz CT molecular complexity index is 558. The molecule has 0 heterocycles. The van der Waals surface area contributed by atoms with Crippen LogP contribution in [-0.4, -0.2) is 0 Å². The van der Waals surface area contributed by atoms with E-state index in [4.69, 9.17) is 11.6 Å². The zero-order valence-electron chi connectivity index (χ0n) is 10.7. The smallest absolute Gasteiger partial charge is 0.131 e. The van der Waals surface area contributed by atoms with Crippen molar-refractivity contribution in [3.8, 4) is 0 Å². The maximum Gasteiger partial charge on any atom is 0.131 e. The molecule has 4 heteroatoms. The first-order valence-electron chi connectivity index (χ1n) is 5.96. The van der Waals surface area contributed by atoms with E-state index in [1.165, 1.54) is 18.2 Å². The first kappa shape index (κ1) is 13.8. The molecule has 19 heavy (non-hydrogen) atoms. The number of halogens is 3. The average Bonchev–Trinajstić information content (AvgIpc) is 2.34. The van der Waals surface area contributed by atoms with Gasteiger partial charge >= 0.3 is 0 Å². The normalized spacial score (nSPS) is 12.3. The van der Waals surface area contributed by atoms with Gasteiger partial charge in [0.25, 0.3) is 0 Å². The van der Waals surface area contributed by atoms with Crippen LogP contribution in [0.4, 0.5) is 14.5 Å². The number of anilines is 1. The van der Waals surface area contributed by atoms with E-state index in [2.05, 4.69) is 5.32 Å². The molecule has 0 spiro atoms. The van der Waals surface area contributed by atoms with Crippen LogP contribution in [0, 0.1) is 18.6 Å². The van der Waals surface area contributed by atoms with E-state index in [9.17, 15) is 8.78 Å². The Labute approximate surface area is 116 Å². The molecule has 2 aromatic rings. The second-order valence-corrected chi connectivity index (χ2v) is 4.84. The molecule has 1 nitrogen and oxygen atoms in total. The van der Waals surface area contributed by atoms with Gasteiger partial charge in [0.15, 0.2) is 0 Å². The molecule has 2 rings (SSSR count). The van der Waals surface area contributed by atoms with E-state index in [0.29, 0.717) is 10.7 Å². The van der Waals surface area contributed by atoms with Gasteiger partial charge in [-0.25, -0.2) is 8.78 Å². The van der Waals surface area contributed by atoms with Gasteiger partial charge in [-0.3, -0.25) is 0 Å². The molecule has 0 aliphatic carbocycles. The Morgan fingerprint density at radius 2 is 1.63 bits per heavy atom.